The highest BCUT2D eigenvalue weighted by Crippen LogP contribution is 2.32. The summed E-state index contributed by atoms with van der Waals surface area (Å²) in [6.07, 6.45) is 2.37. The number of hydrogen-bond acceptors (Lipinski definition) is 0. The molecule has 0 nitrogen and oxygen atoms in total. The predicted octanol–water partition coefficient (Wildman–Crippen LogP) is 3.68. The van der Waals surface area contributed by atoms with Gasteiger partial charge in [0.1, 0.15) is 0 Å². The SMILES string of the molecule is BrCC#Cc1ccc2c3c(cccc13)CC2. The van der Waals surface area contributed by atoms with E-state index in [1.165, 1.54) is 34.7 Å². The molecule has 0 atom stereocenters. The van der Waals surface area contributed by atoms with E-state index in [2.05, 4.69) is 58.1 Å². The number of rotatable bonds is 0. The maximum absolute atomic E-state index is 3.34. The van der Waals surface area contributed by atoms with Crippen molar-refractivity contribution in [2.45, 2.75) is 12.8 Å². The molecule has 16 heavy (non-hydrogen) atoms. The molecule has 0 saturated heterocycles. The van der Waals surface area contributed by atoms with Gasteiger partial charge in [0.2, 0.25) is 0 Å². The fraction of sp³-hybridized carbons (Fsp3) is 0.200. The van der Waals surface area contributed by atoms with Crippen LogP contribution in [0.25, 0.3) is 10.8 Å². The molecule has 78 valence electrons. The van der Waals surface area contributed by atoms with Crippen LogP contribution in [0, 0.1) is 11.8 Å². The van der Waals surface area contributed by atoms with Gasteiger partial charge in [0.15, 0.2) is 0 Å². The zero-order chi connectivity index (χ0) is 11.0. The Kier molecular flexibility index (Phi) is 2.46. The molecule has 2 aromatic carbocycles. The first-order valence-electron chi connectivity index (χ1n) is 5.48. The van der Waals surface area contributed by atoms with Gasteiger partial charge in [-0.3, -0.25) is 0 Å². The first-order chi connectivity index (χ1) is 7.90. The van der Waals surface area contributed by atoms with Crippen LogP contribution in [0.4, 0.5) is 0 Å². The molecule has 0 heterocycles. The van der Waals surface area contributed by atoms with E-state index >= 15 is 0 Å². The quantitative estimate of drug-likeness (QED) is 0.506. The highest BCUT2D eigenvalue weighted by Gasteiger charge is 2.14. The molecule has 0 fully saturated rings. The lowest BCUT2D eigenvalue weighted by Crippen LogP contribution is -1.83. The van der Waals surface area contributed by atoms with Crippen LogP contribution in [0.2, 0.25) is 0 Å². The summed E-state index contributed by atoms with van der Waals surface area (Å²) in [6.45, 7) is 0. The van der Waals surface area contributed by atoms with Gasteiger partial charge in [-0.1, -0.05) is 52.0 Å². The van der Waals surface area contributed by atoms with Crippen LogP contribution in [0.3, 0.4) is 0 Å². The van der Waals surface area contributed by atoms with Crippen molar-refractivity contribution in [3.05, 3.63) is 47.0 Å². The van der Waals surface area contributed by atoms with Crippen molar-refractivity contribution < 1.29 is 0 Å². The zero-order valence-electron chi connectivity index (χ0n) is 8.89. The van der Waals surface area contributed by atoms with Crippen molar-refractivity contribution in [1.29, 1.82) is 0 Å². The highest BCUT2D eigenvalue weighted by atomic mass is 79.9. The molecule has 1 aliphatic rings. The predicted molar refractivity (Wildman–Crippen MR) is 72.0 cm³/mol. The third-order valence-corrected chi connectivity index (χ3v) is 3.45. The van der Waals surface area contributed by atoms with Crippen molar-refractivity contribution in [3.8, 4) is 11.8 Å². The van der Waals surface area contributed by atoms with Crippen molar-refractivity contribution in [2.24, 2.45) is 0 Å². The van der Waals surface area contributed by atoms with Gasteiger partial charge in [-0.15, -0.1) is 0 Å². The molecular formula is C15H11Br. The summed E-state index contributed by atoms with van der Waals surface area (Å²) in [7, 11) is 0. The largest absolute Gasteiger partial charge is 0.0863 e. The van der Waals surface area contributed by atoms with Crippen LogP contribution >= 0.6 is 15.9 Å². The zero-order valence-corrected chi connectivity index (χ0v) is 10.5. The molecular weight excluding hydrogens is 260 g/mol. The van der Waals surface area contributed by atoms with Crippen LogP contribution in [0.1, 0.15) is 16.7 Å². The minimum atomic E-state index is 0.732. The summed E-state index contributed by atoms with van der Waals surface area (Å²) in [4.78, 5) is 0. The number of halogens is 1. The lowest BCUT2D eigenvalue weighted by Gasteiger charge is -2.03. The van der Waals surface area contributed by atoms with E-state index in [0.29, 0.717) is 0 Å². The summed E-state index contributed by atoms with van der Waals surface area (Å²) in [5.74, 6) is 6.31. The van der Waals surface area contributed by atoms with Gasteiger partial charge < -0.3 is 0 Å². The van der Waals surface area contributed by atoms with Gasteiger partial charge in [-0.25, -0.2) is 0 Å². The van der Waals surface area contributed by atoms with Gasteiger partial charge >= 0.3 is 0 Å². The molecule has 2 aromatic rings. The molecule has 0 N–H and O–H groups in total. The van der Waals surface area contributed by atoms with E-state index in [-0.39, 0.29) is 0 Å². The van der Waals surface area contributed by atoms with Crippen LogP contribution in [0.15, 0.2) is 30.3 Å². The molecule has 0 saturated carbocycles. The van der Waals surface area contributed by atoms with E-state index < -0.39 is 0 Å². The lowest BCUT2D eigenvalue weighted by molar-refractivity contribution is 1.02. The minimum Gasteiger partial charge on any atom is -0.0863 e. The molecule has 0 spiro atoms. The van der Waals surface area contributed by atoms with Crippen LogP contribution in [0.5, 0.6) is 0 Å². The van der Waals surface area contributed by atoms with Crippen molar-refractivity contribution in [3.63, 3.8) is 0 Å². The molecule has 0 aromatic heterocycles. The number of alkyl halides is 1. The van der Waals surface area contributed by atoms with E-state index in [4.69, 9.17) is 0 Å². The monoisotopic (exact) mass is 270 g/mol. The fourth-order valence-corrected chi connectivity index (χ4v) is 2.62. The Morgan fingerprint density at radius 3 is 2.69 bits per heavy atom. The first-order valence-corrected chi connectivity index (χ1v) is 6.60. The lowest BCUT2D eigenvalue weighted by atomic mass is 10.0. The maximum atomic E-state index is 3.34. The fourth-order valence-electron chi connectivity index (χ4n) is 2.48. The van der Waals surface area contributed by atoms with Gasteiger partial charge in [-0.05, 0) is 40.8 Å². The van der Waals surface area contributed by atoms with Gasteiger partial charge in [0, 0.05) is 5.56 Å². The summed E-state index contributed by atoms with van der Waals surface area (Å²) in [6, 6.07) is 11.0. The van der Waals surface area contributed by atoms with Crippen LogP contribution < -0.4 is 0 Å². The average molecular weight is 271 g/mol. The summed E-state index contributed by atoms with van der Waals surface area (Å²) in [5.41, 5.74) is 4.12. The normalized spacial score (nSPS) is 12.6. The molecule has 3 rings (SSSR count). The smallest absolute Gasteiger partial charge is 0.0649 e. The third kappa shape index (κ3) is 1.45. The van der Waals surface area contributed by atoms with Crippen molar-refractivity contribution in [1.82, 2.24) is 0 Å². The summed E-state index contributed by atoms with van der Waals surface area (Å²) >= 11 is 3.34. The Morgan fingerprint density at radius 1 is 1.06 bits per heavy atom. The summed E-state index contributed by atoms with van der Waals surface area (Å²) < 4.78 is 0. The number of hydrogen-bond donors (Lipinski definition) is 0. The molecule has 0 amide bonds. The number of aryl methyl sites for hydroxylation is 2. The molecule has 0 aliphatic heterocycles. The maximum Gasteiger partial charge on any atom is 0.0649 e. The van der Waals surface area contributed by atoms with E-state index in [0.717, 1.165) is 10.9 Å². The Labute approximate surface area is 104 Å². The first kappa shape index (κ1) is 9.93. The molecule has 1 heteroatoms. The molecule has 1 aliphatic carbocycles. The molecule has 0 bridgehead atoms. The van der Waals surface area contributed by atoms with Gasteiger partial charge in [0.05, 0.1) is 5.33 Å². The Bertz CT molecular complexity index is 604. The van der Waals surface area contributed by atoms with Gasteiger partial charge in [-0.2, -0.15) is 0 Å². The van der Waals surface area contributed by atoms with E-state index in [1.54, 1.807) is 0 Å². The second-order valence-corrected chi connectivity index (χ2v) is 4.61. The minimum absolute atomic E-state index is 0.732. The van der Waals surface area contributed by atoms with E-state index in [1.807, 2.05) is 0 Å². The Morgan fingerprint density at radius 2 is 1.88 bits per heavy atom. The number of benzene rings is 2. The Balaban J connectivity index is 2.34. The standard InChI is InChI=1S/C15H11Br/c16-10-2-4-11-6-7-13-9-8-12-3-1-5-14(11)15(12)13/h1,3,5-7H,8-10H2. The van der Waals surface area contributed by atoms with Crippen LogP contribution in [-0.2, 0) is 12.8 Å². The molecule has 0 radical (unpaired) electrons. The highest BCUT2D eigenvalue weighted by molar-refractivity contribution is 9.09. The topological polar surface area (TPSA) is 0 Å². The average Bonchev–Trinajstić information content (AvgIpc) is 2.74. The Hall–Kier alpha value is -1.26. The summed E-state index contributed by atoms with van der Waals surface area (Å²) in [5, 5.41) is 3.50. The van der Waals surface area contributed by atoms with Crippen molar-refractivity contribution >= 4 is 26.7 Å². The molecule has 0 unspecified atom stereocenters. The van der Waals surface area contributed by atoms with Crippen molar-refractivity contribution in [2.75, 3.05) is 5.33 Å². The van der Waals surface area contributed by atoms with Crippen LogP contribution in [-0.4, -0.2) is 5.33 Å². The van der Waals surface area contributed by atoms with E-state index in [9.17, 15) is 0 Å². The second-order valence-electron chi connectivity index (χ2n) is 4.05. The third-order valence-electron chi connectivity index (χ3n) is 3.17. The van der Waals surface area contributed by atoms with Gasteiger partial charge in [0.25, 0.3) is 0 Å². The second kappa shape index (κ2) is 3.96.